The Morgan fingerprint density at radius 1 is 1.15 bits per heavy atom. The Hall–Kier alpha value is -3.33. The Morgan fingerprint density at radius 2 is 1.79 bits per heavy atom. The summed E-state index contributed by atoms with van der Waals surface area (Å²) in [6, 6.07) is -4.30. The van der Waals surface area contributed by atoms with Gasteiger partial charge in [-0.3, -0.25) is 24.2 Å². The number of nitrogens with one attached hydrogen (secondary N) is 4. The Kier molecular flexibility index (Phi) is 11.7. The van der Waals surface area contributed by atoms with Gasteiger partial charge in [-0.2, -0.15) is 12.6 Å². The number of rotatable bonds is 14. The summed E-state index contributed by atoms with van der Waals surface area (Å²) in [5.74, 6) is -3.42. The molecule has 0 aromatic carbocycles. The highest BCUT2D eigenvalue weighted by molar-refractivity contribution is 7.80. The minimum atomic E-state index is -1.23. The molecule has 0 aliphatic heterocycles. The average molecular weight is 486 g/mol. The number of imidazole rings is 1. The van der Waals surface area contributed by atoms with E-state index in [0.717, 1.165) is 0 Å². The summed E-state index contributed by atoms with van der Waals surface area (Å²) in [6.07, 6.45) is 3.65. The Bertz CT molecular complexity index is 829. The van der Waals surface area contributed by atoms with E-state index in [0.29, 0.717) is 12.1 Å². The zero-order valence-corrected chi connectivity index (χ0v) is 19.0. The molecule has 1 heterocycles. The van der Waals surface area contributed by atoms with Gasteiger partial charge in [-0.05, 0) is 19.8 Å². The number of carbonyl (C=O) groups is 4. The Morgan fingerprint density at radius 3 is 2.33 bits per heavy atom. The Labute approximate surface area is 195 Å². The molecule has 33 heavy (non-hydrogen) atoms. The number of carboxylic acids is 1. The van der Waals surface area contributed by atoms with E-state index < -0.39 is 47.9 Å². The number of hydrogen-bond acceptors (Lipinski definition) is 8. The van der Waals surface area contributed by atoms with Crippen molar-refractivity contribution in [2.45, 2.75) is 50.4 Å². The van der Waals surface area contributed by atoms with Crippen LogP contribution in [0.25, 0.3) is 0 Å². The van der Waals surface area contributed by atoms with E-state index >= 15 is 0 Å². The molecule has 4 unspecified atom stereocenters. The van der Waals surface area contributed by atoms with Gasteiger partial charge in [-0.25, -0.2) is 4.98 Å². The van der Waals surface area contributed by atoms with Crippen LogP contribution in [0.5, 0.6) is 0 Å². The average Bonchev–Trinajstić information content (AvgIpc) is 3.26. The van der Waals surface area contributed by atoms with E-state index in [2.05, 4.69) is 43.5 Å². The zero-order valence-electron chi connectivity index (χ0n) is 18.2. The maximum absolute atomic E-state index is 12.8. The lowest BCUT2D eigenvalue weighted by atomic mass is 10.1. The lowest BCUT2D eigenvalue weighted by Crippen LogP contribution is -2.57. The number of guanidine groups is 1. The fourth-order valence-corrected chi connectivity index (χ4v) is 2.88. The number of aromatic amines is 1. The van der Waals surface area contributed by atoms with Crippen molar-refractivity contribution in [3.8, 4) is 0 Å². The van der Waals surface area contributed by atoms with E-state index in [-0.39, 0.29) is 31.1 Å². The minimum absolute atomic E-state index is 0.0993. The molecule has 4 atom stereocenters. The molecule has 11 N–H and O–H groups in total. The third-order valence-electron chi connectivity index (χ3n) is 4.45. The van der Waals surface area contributed by atoms with Gasteiger partial charge < -0.3 is 43.2 Å². The van der Waals surface area contributed by atoms with Crippen molar-refractivity contribution in [2.75, 3.05) is 12.3 Å². The molecular formula is C18H31N9O5S. The molecule has 1 aromatic rings. The summed E-state index contributed by atoms with van der Waals surface area (Å²) >= 11 is 4.05. The molecule has 14 nitrogen and oxygen atoms in total. The molecule has 0 saturated carbocycles. The molecule has 0 saturated heterocycles. The van der Waals surface area contributed by atoms with Gasteiger partial charge in [0.05, 0.1) is 12.4 Å². The molecule has 0 aliphatic rings. The number of carboxylic acid groups (broad SMARTS) is 1. The van der Waals surface area contributed by atoms with Crippen LogP contribution < -0.4 is 33.2 Å². The fraction of sp³-hybridized carbons (Fsp3) is 0.556. The maximum atomic E-state index is 12.8. The number of amides is 3. The van der Waals surface area contributed by atoms with Crippen molar-refractivity contribution in [1.29, 1.82) is 0 Å². The summed E-state index contributed by atoms with van der Waals surface area (Å²) in [5.41, 5.74) is 17.2. The molecule has 0 aliphatic carbocycles. The van der Waals surface area contributed by atoms with Crippen LogP contribution in [0.2, 0.25) is 0 Å². The molecule has 1 rings (SSSR count). The quantitative estimate of drug-likeness (QED) is 0.0557. The second-order valence-corrected chi connectivity index (χ2v) is 7.57. The fourth-order valence-electron chi connectivity index (χ4n) is 2.62. The van der Waals surface area contributed by atoms with E-state index in [1.54, 1.807) is 0 Å². The van der Waals surface area contributed by atoms with Crippen molar-refractivity contribution in [3.63, 3.8) is 0 Å². The molecule has 1 aromatic heterocycles. The second kappa shape index (κ2) is 13.9. The van der Waals surface area contributed by atoms with Crippen LogP contribution in [0.1, 0.15) is 25.5 Å². The number of aliphatic carboxylic acids is 1. The first-order valence-corrected chi connectivity index (χ1v) is 10.7. The number of nitrogens with zero attached hydrogens (tertiary/aromatic N) is 2. The van der Waals surface area contributed by atoms with Crippen LogP contribution in [0, 0.1) is 0 Å². The first kappa shape index (κ1) is 27.7. The monoisotopic (exact) mass is 485 g/mol. The lowest BCUT2D eigenvalue weighted by molar-refractivity contribution is -0.141. The number of H-pyrrole nitrogens is 1. The predicted molar refractivity (Wildman–Crippen MR) is 123 cm³/mol. The second-order valence-electron chi connectivity index (χ2n) is 7.21. The summed E-state index contributed by atoms with van der Waals surface area (Å²) in [6.45, 7) is 1.50. The van der Waals surface area contributed by atoms with Crippen molar-refractivity contribution >= 4 is 42.3 Å². The number of aromatic nitrogens is 2. The number of nitrogens with two attached hydrogens (primary N) is 3. The van der Waals surface area contributed by atoms with E-state index in [1.165, 1.54) is 19.4 Å². The lowest BCUT2D eigenvalue weighted by Gasteiger charge is -2.24. The van der Waals surface area contributed by atoms with Gasteiger partial charge in [0.2, 0.25) is 17.7 Å². The van der Waals surface area contributed by atoms with Gasteiger partial charge in [0.15, 0.2) is 5.96 Å². The first-order valence-electron chi connectivity index (χ1n) is 10.1. The number of carbonyl (C=O) groups excluding carboxylic acids is 3. The van der Waals surface area contributed by atoms with Crippen LogP contribution in [-0.2, 0) is 25.6 Å². The van der Waals surface area contributed by atoms with E-state index in [1.807, 2.05) is 0 Å². The molecule has 0 radical (unpaired) electrons. The van der Waals surface area contributed by atoms with Gasteiger partial charge in [0.1, 0.15) is 18.1 Å². The third kappa shape index (κ3) is 10.2. The summed E-state index contributed by atoms with van der Waals surface area (Å²) in [7, 11) is 0. The Balaban J connectivity index is 2.83. The predicted octanol–water partition coefficient (Wildman–Crippen LogP) is -3.18. The summed E-state index contributed by atoms with van der Waals surface area (Å²) in [5, 5.41) is 16.2. The smallest absolute Gasteiger partial charge is 0.325 e. The van der Waals surface area contributed by atoms with Crippen LogP contribution in [0.15, 0.2) is 17.5 Å². The first-order chi connectivity index (χ1) is 15.5. The van der Waals surface area contributed by atoms with Crippen molar-refractivity contribution in [2.24, 2.45) is 22.2 Å². The number of thiol groups is 1. The highest BCUT2D eigenvalue weighted by Gasteiger charge is 2.28. The normalized spacial score (nSPS) is 14.3. The van der Waals surface area contributed by atoms with Gasteiger partial charge in [-0.15, -0.1) is 0 Å². The highest BCUT2D eigenvalue weighted by Crippen LogP contribution is 2.03. The molecule has 0 bridgehead atoms. The van der Waals surface area contributed by atoms with Gasteiger partial charge in [-0.1, -0.05) is 0 Å². The SMILES string of the molecule is CC(NC(=O)C(CS)NC(=O)C(CCCN=C(N)N)NC(=O)C(N)Cc1cnc[nH]1)C(=O)O. The number of hydrogen-bond donors (Lipinski definition) is 9. The van der Waals surface area contributed by atoms with Gasteiger partial charge in [0, 0.05) is 30.6 Å². The minimum Gasteiger partial charge on any atom is -0.480 e. The van der Waals surface area contributed by atoms with Crippen LogP contribution in [-0.4, -0.2) is 81.2 Å². The summed E-state index contributed by atoms with van der Waals surface area (Å²) < 4.78 is 0. The third-order valence-corrected chi connectivity index (χ3v) is 4.82. The largest absolute Gasteiger partial charge is 0.480 e. The molecule has 15 heteroatoms. The van der Waals surface area contributed by atoms with Crippen LogP contribution in [0.4, 0.5) is 0 Å². The molecule has 0 spiro atoms. The zero-order chi connectivity index (χ0) is 25.0. The highest BCUT2D eigenvalue weighted by atomic mass is 32.1. The van der Waals surface area contributed by atoms with Crippen molar-refractivity contribution in [1.82, 2.24) is 25.9 Å². The number of aliphatic imine (C=N–C) groups is 1. The van der Waals surface area contributed by atoms with Gasteiger partial charge in [0.25, 0.3) is 0 Å². The van der Waals surface area contributed by atoms with E-state index in [4.69, 9.17) is 22.3 Å². The van der Waals surface area contributed by atoms with Crippen LogP contribution >= 0.6 is 12.6 Å². The maximum Gasteiger partial charge on any atom is 0.325 e. The molecule has 3 amide bonds. The summed E-state index contributed by atoms with van der Waals surface area (Å²) in [4.78, 5) is 59.2. The van der Waals surface area contributed by atoms with Crippen molar-refractivity contribution in [3.05, 3.63) is 18.2 Å². The van der Waals surface area contributed by atoms with Crippen LogP contribution in [0.3, 0.4) is 0 Å². The van der Waals surface area contributed by atoms with Crippen molar-refractivity contribution < 1.29 is 24.3 Å². The molecule has 184 valence electrons. The molecular weight excluding hydrogens is 454 g/mol. The van der Waals surface area contributed by atoms with Gasteiger partial charge >= 0.3 is 5.97 Å². The standard InChI is InChI=1S/C18H31N9O5S/c1-9(17(31)32)25-16(30)13(7-33)27-15(29)12(3-2-4-23-18(20)21)26-14(28)11(19)5-10-6-22-8-24-10/h6,8-9,11-13,33H,2-5,7,19H2,1H3,(H,22,24)(H,25,30)(H,26,28)(H,27,29)(H,31,32)(H4,20,21,23). The van der Waals surface area contributed by atoms with E-state index in [9.17, 15) is 19.2 Å². The molecule has 0 fully saturated rings. The topological polar surface area (TPSA) is 244 Å².